The van der Waals surface area contributed by atoms with Gasteiger partial charge in [-0.25, -0.2) is 13.8 Å². The minimum absolute atomic E-state index is 0.611. The zero-order valence-corrected chi connectivity index (χ0v) is 7.48. The van der Waals surface area contributed by atoms with Gasteiger partial charge in [0, 0.05) is 0 Å². The van der Waals surface area contributed by atoms with Gasteiger partial charge in [0.05, 0.1) is 12.0 Å². The van der Waals surface area contributed by atoms with Crippen LogP contribution < -0.4 is 4.74 Å². The average Bonchev–Trinajstić information content (AvgIpc) is 2.16. The van der Waals surface area contributed by atoms with E-state index >= 15 is 0 Å². The molecule has 6 nitrogen and oxygen atoms in total. The molecule has 0 saturated heterocycles. The van der Waals surface area contributed by atoms with Crippen molar-refractivity contribution in [3.8, 4) is 11.5 Å². The van der Waals surface area contributed by atoms with E-state index in [0.29, 0.717) is 6.20 Å². The largest absolute Gasteiger partial charge is 0.503 e. The number of methoxy groups -OCH3 is 1. The van der Waals surface area contributed by atoms with Crippen LogP contribution in [0.15, 0.2) is 6.20 Å². The maximum Gasteiger partial charge on any atom is 0.332 e. The Bertz CT molecular complexity index is 397. The molecule has 0 aliphatic heterocycles. The number of aromatic nitrogens is 1. The fourth-order valence-electron chi connectivity index (χ4n) is 0.979. The number of rotatable bonds is 3. The Hall–Kier alpha value is -1.99. The predicted octanol–water partition coefficient (Wildman–Crippen LogP) is 1.64. The molecule has 15 heavy (non-hydrogen) atoms. The number of pyridine rings is 1. The summed E-state index contributed by atoms with van der Waals surface area (Å²) in [6, 6.07) is 0. The van der Waals surface area contributed by atoms with Gasteiger partial charge in [0.1, 0.15) is 6.20 Å². The quantitative estimate of drug-likeness (QED) is 0.618. The molecule has 1 N–H and O–H groups in total. The number of aromatic hydroxyl groups is 1. The highest BCUT2D eigenvalue weighted by molar-refractivity contribution is 5.55. The summed E-state index contributed by atoms with van der Waals surface area (Å²) in [5, 5.41) is 19.6. The molecule has 0 unspecified atom stereocenters. The van der Waals surface area contributed by atoms with Gasteiger partial charge in [-0.15, -0.1) is 0 Å². The van der Waals surface area contributed by atoms with Crippen LogP contribution in [0.3, 0.4) is 0 Å². The molecule has 0 saturated carbocycles. The Morgan fingerprint density at radius 3 is 2.67 bits per heavy atom. The van der Waals surface area contributed by atoms with Crippen molar-refractivity contribution in [2.75, 3.05) is 7.11 Å². The Morgan fingerprint density at radius 2 is 2.27 bits per heavy atom. The average molecular weight is 220 g/mol. The first-order valence-electron chi connectivity index (χ1n) is 3.67. The molecule has 0 aliphatic carbocycles. The predicted molar refractivity (Wildman–Crippen MR) is 44.1 cm³/mol. The van der Waals surface area contributed by atoms with Gasteiger partial charge in [0.25, 0.3) is 6.43 Å². The third-order valence-electron chi connectivity index (χ3n) is 1.62. The Kier molecular flexibility index (Phi) is 2.98. The van der Waals surface area contributed by atoms with Crippen LogP contribution in [0.25, 0.3) is 0 Å². The Balaban J connectivity index is 3.39. The summed E-state index contributed by atoms with van der Waals surface area (Å²) in [4.78, 5) is 12.6. The molecule has 0 aromatic carbocycles. The smallest absolute Gasteiger partial charge is 0.332 e. The van der Waals surface area contributed by atoms with Crippen LogP contribution in [0.2, 0.25) is 0 Å². The molecule has 1 heterocycles. The molecule has 0 atom stereocenters. The lowest BCUT2D eigenvalue weighted by Gasteiger charge is -2.07. The Morgan fingerprint density at radius 1 is 1.67 bits per heavy atom. The second-order valence-electron chi connectivity index (χ2n) is 2.47. The molecule has 1 aromatic rings. The zero-order chi connectivity index (χ0) is 11.6. The van der Waals surface area contributed by atoms with Crippen LogP contribution in [0.4, 0.5) is 14.5 Å². The maximum atomic E-state index is 12.2. The lowest BCUT2D eigenvalue weighted by Crippen LogP contribution is -1.99. The number of nitrogens with zero attached hydrogens (tertiary/aromatic N) is 2. The number of halogens is 2. The summed E-state index contributed by atoms with van der Waals surface area (Å²) in [5.41, 5.74) is -1.61. The van der Waals surface area contributed by atoms with E-state index in [9.17, 15) is 24.0 Å². The standard InChI is InChI=1S/C7H6F2N2O4/c1-15-6-3(11(13)14)2-10-4(5(6)12)7(8)9/h2,7,12H,1H3. The van der Waals surface area contributed by atoms with Gasteiger partial charge in [-0.1, -0.05) is 0 Å². The van der Waals surface area contributed by atoms with E-state index in [2.05, 4.69) is 9.72 Å². The first-order chi connectivity index (χ1) is 6.99. The van der Waals surface area contributed by atoms with Crippen LogP contribution in [0.5, 0.6) is 11.5 Å². The van der Waals surface area contributed by atoms with Crippen LogP contribution in [-0.4, -0.2) is 22.1 Å². The topological polar surface area (TPSA) is 85.5 Å². The molecule has 1 aromatic heterocycles. The van der Waals surface area contributed by atoms with Crippen molar-refractivity contribution in [1.82, 2.24) is 4.98 Å². The van der Waals surface area contributed by atoms with Crippen LogP contribution >= 0.6 is 0 Å². The van der Waals surface area contributed by atoms with Crippen molar-refractivity contribution in [2.24, 2.45) is 0 Å². The van der Waals surface area contributed by atoms with E-state index < -0.39 is 34.2 Å². The van der Waals surface area contributed by atoms with E-state index in [0.717, 1.165) is 7.11 Å². The molecule has 0 amide bonds. The second-order valence-corrected chi connectivity index (χ2v) is 2.47. The van der Waals surface area contributed by atoms with Crippen molar-refractivity contribution in [1.29, 1.82) is 0 Å². The summed E-state index contributed by atoms with van der Waals surface area (Å²) in [6.45, 7) is 0. The SMILES string of the molecule is COc1c([N+](=O)[O-])cnc(C(F)F)c1O. The van der Waals surface area contributed by atoms with Gasteiger partial charge in [0.2, 0.25) is 5.75 Å². The number of hydrogen-bond acceptors (Lipinski definition) is 5. The van der Waals surface area contributed by atoms with Crippen molar-refractivity contribution >= 4 is 5.69 Å². The fourth-order valence-corrected chi connectivity index (χ4v) is 0.979. The number of ether oxygens (including phenoxy) is 1. The van der Waals surface area contributed by atoms with Gasteiger partial charge in [-0.05, 0) is 0 Å². The number of alkyl halides is 2. The third kappa shape index (κ3) is 1.92. The van der Waals surface area contributed by atoms with E-state index in [4.69, 9.17) is 0 Å². The first-order valence-corrected chi connectivity index (χ1v) is 3.67. The van der Waals surface area contributed by atoms with Crippen molar-refractivity contribution in [3.05, 3.63) is 22.0 Å². The summed E-state index contributed by atoms with van der Waals surface area (Å²) in [5.74, 6) is -1.63. The molecule has 0 radical (unpaired) electrons. The molecule has 1 rings (SSSR count). The van der Waals surface area contributed by atoms with Crippen LogP contribution in [-0.2, 0) is 0 Å². The normalized spacial score (nSPS) is 10.4. The van der Waals surface area contributed by atoms with E-state index in [1.165, 1.54) is 0 Å². The van der Waals surface area contributed by atoms with Crippen LogP contribution in [0, 0.1) is 10.1 Å². The molecule has 0 aliphatic rings. The van der Waals surface area contributed by atoms with Gasteiger partial charge >= 0.3 is 5.69 Å². The van der Waals surface area contributed by atoms with Crippen molar-refractivity contribution < 1.29 is 23.5 Å². The summed E-state index contributed by atoms with van der Waals surface area (Å²) < 4.78 is 28.9. The molecular weight excluding hydrogens is 214 g/mol. The van der Waals surface area contributed by atoms with Crippen LogP contribution in [0.1, 0.15) is 12.1 Å². The molecule has 0 fully saturated rings. The highest BCUT2D eigenvalue weighted by Gasteiger charge is 2.26. The molecule has 82 valence electrons. The zero-order valence-electron chi connectivity index (χ0n) is 7.48. The van der Waals surface area contributed by atoms with Gasteiger partial charge in [0.15, 0.2) is 11.4 Å². The van der Waals surface area contributed by atoms with Gasteiger partial charge in [-0.2, -0.15) is 0 Å². The summed E-state index contributed by atoms with van der Waals surface area (Å²) in [6.07, 6.45) is -2.42. The number of nitro groups is 1. The molecule has 0 spiro atoms. The minimum atomic E-state index is -3.03. The van der Waals surface area contributed by atoms with E-state index in [1.807, 2.05) is 0 Å². The highest BCUT2D eigenvalue weighted by atomic mass is 19.3. The minimum Gasteiger partial charge on any atom is -0.503 e. The fraction of sp³-hybridized carbons (Fsp3) is 0.286. The summed E-state index contributed by atoms with van der Waals surface area (Å²) >= 11 is 0. The summed E-state index contributed by atoms with van der Waals surface area (Å²) in [7, 11) is 1.03. The monoisotopic (exact) mass is 220 g/mol. The highest BCUT2D eigenvalue weighted by Crippen LogP contribution is 2.40. The van der Waals surface area contributed by atoms with Gasteiger partial charge in [-0.3, -0.25) is 10.1 Å². The molecular formula is C7H6F2N2O4. The lowest BCUT2D eigenvalue weighted by molar-refractivity contribution is -0.386. The maximum absolute atomic E-state index is 12.2. The third-order valence-corrected chi connectivity index (χ3v) is 1.62. The van der Waals surface area contributed by atoms with E-state index in [-0.39, 0.29) is 0 Å². The van der Waals surface area contributed by atoms with Crippen molar-refractivity contribution in [3.63, 3.8) is 0 Å². The first kappa shape index (κ1) is 11.1. The lowest BCUT2D eigenvalue weighted by atomic mass is 10.3. The van der Waals surface area contributed by atoms with Gasteiger partial charge < -0.3 is 9.84 Å². The Labute approximate surface area is 82.3 Å². The number of hydrogen-bond donors (Lipinski definition) is 1. The van der Waals surface area contributed by atoms with E-state index in [1.54, 1.807) is 0 Å². The molecule has 0 bridgehead atoms. The second kappa shape index (κ2) is 4.03. The molecule has 8 heteroatoms. The van der Waals surface area contributed by atoms with Crippen molar-refractivity contribution in [2.45, 2.75) is 6.43 Å².